The van der Waals surface area contributed by atoms with Crippen molar-refractivity contribution in [1.29, 1.82) is 0 Å². The number of benzene rings is 1. The summed E-state index contributed by atoms with van der Waals surface area (Å²) in [6.07, 6.45) is 2.84. The van der Waals surface area contributed by atoms with Gasteiger partial charge in [0, 0.05) is 23.0 Å². The van der Waals surface area contributed by atoms with Gasteiger partial charge in [-0.3, -0.25) is 4.79 Å². The van der Waals surface area contributed by atoms with Crippen LogP contribution in [0.3, 0.4) is 0 Å². The van der Waals surface area contributed by atoms with Gasteiger partial charge < -0.3 is 5.11 Å². The molecule has 2 rings (SSSR count). The van der Waals surface area contributed by atoms with Crippen LogP contribution in [0.25, 0.3) is 11.4 Å². The summed E-state index contributed by atoms with van der Waals surface area (Å²) in [5.74, 6) is -0.485. The molecule has 1 heterocycles. The Morgan fingerprint density at radius 2 is 1.89 bits per heavy atom. The lowest BCUT2D eigenvalue weighted by Crippen LogP contribution is -2.01. The van der Waals surface area contributed by atoms with Crippen LogP contribution >= 0.6 is 23.2 Å². The lowest BCUT2D eigenvalue weighted by molar-refractivity contribution is -0.136. The number of halogens is 2. The SMILES string of the molecule is O=C(O)Cc1cnc(-c2ccc(Cl)cc2Cl)nc1. The standard InChI is InChI=1S/C12H8Cl2N2O2/c13-8-1-2-9(10(14)4-8)12-15-5-7(6-16-12)3-11(17)18/h1-2,4-6H,3H2,(H,17,18). The quantitative estimate of drug-likeness (QED) is 0.940. The summed E-state index contributed by atoms with van der Waals surface area (Å²) in [4.78, 5) is 18.7. The average molecular weight is 283 g/mol. The molecule has 0 aliphatic rings. The Morgan fingerprint density at radius 1 is 1.22 bits per heavy atom. The summed E-state index contributed by atoms with van der Waals surface area (Å²) < 4.78 is 0. The Kier molecular flexibility index (Phi) is 3.79. The molecule has 1 aromatic carbocycles. The highest BCUT2D eigenvalue weighted by Gasteiger charge is 2.08. The zero-order valence-electron chi connectivity index (χ0n) is 9.10. The van der Waals surface area contributed by atoms with E-state index in [0.717, 1.165) is 0 Å². The summed E-state index contributed by atoms with van der Waals surface area (Å²) in [5.41, 5.74) is 1.19. The third kappa shape index (κ3) is 2.97. The van der Waals surface area contributed by atoms with Gasteiger partial charge in [0.05, 0.1) is 11.4 Å². The van der Waals surface area contributed by atoms with Gasteiger partial charge in [0.2, 0.25) is 0 Å². The molecule has 0 unspecified atom stereocenters. The Hall–Kier alpha value is -1.65. The molecule has 4 nitrogen and oxygen atoms in total. The number of carboxylic acid groups (broad SMARTS) is 1. The van der Waals surface area contributed by atoms with Crippen LogP contribution in [0.4, 0.5) is 0 Å². The Bertz CT molecular complexity index is 585. The number of aliphatic carboxylic acids is 1. The minimum atomic E-state index is -0.920. The molecule has 0 saturated carbocycles. The molecule has 0 saturated heterocycles. The van der Waals surface area contributed by atoms with Crippen molar-refractivity contribution in [2.75, 3.05) is 0 Å². The number of carbonyl (C=O) groups is 1. The van der Waals surface area contributed by atoms with E-state index in [9.17, 15) is 4.79 Å². The number of carboxylic acids is 1. The molecule has 1 aromatic heterocycles. The van der Waals surface area contributed by atoms with Gasteiger partial charge in [-0.2, -0.15) is 0 Å². The zero-order valence-corrected chi connectivity index (χ0v) is 10.6. The Labute approximate surface area is 113 Å². The van der Waals surface area contributed by atoms with E-state index >= 15 is 0 Å². The third-order valence-electron chi connectivity index (χ3n) is 2.23. The van der Waals surface area contributed by atoms with Crippen molar-refractivity contribution in [2.45, 2.75) is 6.42 Å². The van der Waals surface area contributed by atoms with Crippen LogP contribution in [-0.4, -0.2) is 21.0 Å². The van der Waals surface area contributed by atoms with Crippen LogP contribution < -0.4 is 0 Å². The van der Waals surface area contributed by atoms with Crippen molar-refractivity contribution in [3.05, 3.63) is 46.2 Å². The number of aromatic nitrogens is 2. The van der Waals surface area contributed by atoms with Gasteiger partial charge in [-0.1, -0.05) is 23.2 Å². The van der Waals surface area contributed by atoms with Crippen LogP contribution in [0.2, 0.25) is 10.0 Å². The fraction of sp³-hybridized carbons (Fsp3) is 0.0833. The molecule has 0 atom stereocenters. The first-order chi connectivity index (χ1) is 8.56. The molecule has 2 aromatic rings. The average Bonchev–Trinajstić information content (AvgIpc) is 2.30. The highest BCUT2D eigenvalue weighted by molar-refractivity contribution is 6.36. The topological polar surface area (TPSA) is 63.1 Å². The van der Waals surface area contributed by atoms with E-state index in [-0.39, 0.29) is 6.42 Å². The number of rotatable bonds is 3. The summed E-state index contributed by atoms with van der Waals surface area (Å²) in [5, 5.41) is 9.62. The lowest BCUT2D eigenvalue weighted by Gasteiger charge is -2.04. The van der Waals surface area contributed by atoms with Crippen LogP contribution in [0.5, 0.6) is 0 Å². The predicted molar refractivity (Wildman–Crippen MR) is 68.8 cm³/mol. The van der Waals surface area contributed by atoms with E-state index < -0.39 is 5.97 Å². The summed E-state index contributed by atoms with van der Waals surface area (Å²) >= 11 is 11.8. The Balaban J connectivity index is 2.31. The molecule has 0 aliphatic heterocycles. The molecule has 0 fully saturated rings. The van der Waals surface area contributed by atoms with Crippen LogP contribution in [0, 0.1) is 0 Å². The largest absolute Gasteiger partial charge is 0.481 e. The lowest BCUT2D eigenvalue weighted by atomic mass is 10.2. The maximum Gasteiger partial charge on any atom is 0.307 e. The van der Waals surface area contributed by atoms with Gasteiger partial charge in [-0.05, 0) is 23.8 Å². The third-order valence-corrected chi connectivity index (χ3v) is 2.78. The maximum atomic E-state index is 10.5. The Morgan fingerprint density at radius 3 is 2.44 bits per heavy atom. The highest BCUT2D eigenvalue weighted by atomic mass is 35.5. The highest BCUT2D eigenvalue weighted by Crippen LogP contribution is 2.27. The smallest absolute Gasteiger partial charge is 0.307 e. The molecular weight excluding hydrogens is 275 g/mol. The van der Waals surface area contributed by atoms with E-state index in [4.69, 9.17) is 28.3 Å². The van der Waals surface area contributed by atoms with E-state index in [0.29, 0.717) is 27.0 Å². The van der Waals surface area contributed by atoms with Crippen LogP contribution in [0.1, 0.15) is 5.56 Å². The fourth-order valence-corrected chi connectivity index (χ4v) is 1.92. The van der Waals surface area contributed by atoms with Crippen molar-refractivity contribution in [2.24, 2.45) is 0 Å². The number of hydrogen-bond acceptors (Lipinski definition) is 3. The van der Waals surface area contributed by atoms with Gasteiger partial charge in [0.15, 0.2) is 5.82 Å². The van der Waals surface area contributed by atoms with Crippen molar-refractivity contribution in [3.63, 3.8) is 0 Å². The summed E-state index contributed by atoms with van der Waals surface area (Å²) in [6.45, 7) is 0. The van der Waals surface area contributed by atoms with E-state index in [1.807, 2.05) is 0 Å². The molecule has 0 radical (unpaired) electrons. The second-order valence-corrected chi connectivity index (χ2v) is 4.45. The minimum absolute atomic E-state index is 0.103. The van der Waals surface area contributed by atoms with Crippen LogP contribution in [-0.2, 0) is 11.2 Å². The van der Waals surface area contributed by atoms with Gasteiger partial charge in [0.1, 0.15) is 0 Å². The molecule has 1 N–H and O–H groups in total. The first-order valence-electron chi connectivity index (χ1n) is 5.04. The summed E-state index contributed by atoms with van der Waals surface area (Å²) in [6, 6.07) is 5.02. The molecule has 18 heavy (non-hydrogen) atoms. The molecule has 0 amide bonds. The molecular formula is C12H8Cl2N2O2. The van der Waals surface area contributed by atoms with Crippen molar-refractivity contribution in [1.82, 2.24) is 9.97 Å². The van der Waals surface area contributed by atoms with Gasteiger partial charge in [0.25, 0.3) is 0 Å². The molecule has 0 spiro atoms. The monoisotopic (exact) mass is 282 g/mol. The second-order valence-electron chi connectivity index (χ2n) is 3.61. The molecule has 0 aliphatic carbocycles. The maximum absolute atomic E-state index is 10.5. The van der Waals surface area contributed by atoms with Crippen molar-refractivity contribution >= 4 is 29.2 Å². The van der Waals surface area contributed by atoms with Crippen LogP contribution in [0.15, 0.2) is 30.6 Å². The number of nitrogens with zero attached hydrogens (tertiary/aromatic N) is 2. The second kappa shape index (κ2) is 5.33. The van der Waals surface area contributed by atoms with E-state index in [1.54, 1.807) is 18.2 Å². The molecule has 92 valence electrons. The van der Waals surface area contributed by atoms with Gasteiger partial charge in [-0.15, -0.1) is 0 Å². The molecule has 0 bridgehead atoms. The number of hydrogen-bond donors (Lipinski definition) is 1. The van der Waals surface area contributed by atoms with E-state index in [2.05, 4.69) is 9.97 Å². The van der Waals surface area contributed by atoms with Gasteiger partial charge >= 0.3 is 5.97 Å². The first-order valence-corrected chi connectivity index (χ1v) is 5.80. The normalized spacial score (nSPS) is 10.3. The fourth-order valence-electron chi connectivity index (χ4n) is 1.43. The van der Waals surface area contributed by atoms with E-state index in [1.165, 1.54) is 12.4 Å². The summed E-state index contributed by atoms with van der Waals surface area (Å²) in [7, 11) is 0. The molecule has 6 heteroatoms. The van der Waals surface area contributed by atoms with Crippen molar-refractivity contribution < 1.29 is 9.90 Å². The predicted octanol–water partition coefficient (Wildman–Crippen LogP) is 3.08. The van der Waals surface area contributed by atoms with Gasteiger partial charge in [-0.25, -0.2) is 9.97 Å². The minimum Gasteiger partial charge on any atom is -0.481 e. The zero-order chi connectivity index (χ0) is 13.1. The van der Waals surface area contributed by atoms with Crippen molar-refractivity contribution in [3.8, 4) is 11.4 Å². The first kappa shape index (κ1) is 12.8.